The third-order valence-corrected chi connectivity index (χ3v) is 8.87. The first-order valence-electron chi connectivity index (χ1n) is 11.5. The van der Waals surface area contributed by atoms with Crippen molar-refractivity contribution in [3.63, 3.8) is 0 Å². The third kappa shape index (κ3) is 5.66. The number of hydrogen-bond donors (Lipinski definition) is 0. The van der Waals surface area contributed by atoms with Crippen LogP contribution in [0.3, 0.4) is 0 Å². The molecule has 1 aromatic heterocycles. The van der Waals surface area contributed by atoms with Gasteiger partial charge in [-0.05, 0) is 75.8 Å². The molecule has 0 atom stereocenters. The van der Waals surface area contributed by atoms with Gasteiger partial charge in [-0.1, -0.05) is 30.7 Å². The molecule has 0 spiro atoms. The number of unbranched alkanes of at least 4 members (excludes halogenated alkanes) is 1. The summed E-state index contributed by atoms with van der Waals surface area (Å²) >= 11 is 1.49. The van der Waals surface area contributed by atoms with Gasteiger partial charge in [0.05, 0.1) is 15.1 Å². The van der Waals surface area contributed by atoms with Crippen molar-refractivity contribution < 1.29 is 13.2 Å². The molecule has 0 bridgehead atoms. The lowest BCUT2D eigenvalue weighted by Gasteiger charge is -2.22. The van der Waals surface area contributed by atoms with Crippen LogP contribution in [0.15, 0.2) is 41.3 Å². The van der Waals surface area contributed by atoms with Crippen molar-refractivity contribution in [2.45, 2.75) is 38.5 Å². The molecule has 0 fully saturated rings. The number of likely N-dealkylation sites (N-methyl/N-ethyl adjacent to an activating group) is 1. The van der Waals surface area contributed by atoms with Crippen LogP contribution in [-0.4, -0.2) is 69.3 Å². The molecule has 0 unspecified atom stereocenters. The zero-order valence-corrected chi connectivity index (χ0v) is 22.5. The molecule has 0 aliphatic rings. The van der Waals surface area contributed by atoms with Crippen LogP contribution in [0.2, 0.25) is 0 Å². The number of aromatic nitrogens is 1. The second-order valence-electron chi connectivity index (χ2n) is 8.82. The first kappa shape index (κ1) is 26.3. The molecule has 1 heterocycles. The Morgan fingerprint density at radius 1 is 0.971 bits per heavy atom. The van der Waals surface area contributed by atoms with E-state index in [0.717, 1.165) is 34.2 Å². The van der Waals surface area contributed by atoms with Crippen LogP contribution in [0.5, 0.6) is 0 Å². The van der Waals surface area contributed by atoms with E-state index in [-0.39, 0.29) is 10.8 Å². The lowest BCUT2D eigenvalue weighted by molar-refractivity contribution is 0.0985. The lowest BCUT2D eigenvalue weighted by Crippen LogP contribution is -2.36. The van der Waals surface area contributed by atoms with Crippen molar-refractivity contribution in [1.82, 2.24) is 14.2 Å². The van der Waals surface area contributed by atoms with Crippen LogP contribution in [-0.2, 0) is 10.0 Å². The van der Waals surface area contributed by atoms with Gasteiger partial charge in [0, 0.05) is 32.2 Å². The second kappa shape index (κ2) is 10.9. The van der Waals surface area contributed by atoms with E-state index in [9.17, 15) is 13.2 Å². The van der Waals surface area contributed by atoms with Gasteiger partial charge in [-0.15, -0.1) is 0 Å². The summed E-state index contributed by atoms with van der Waals surface area (Å²) in [6, 6.07) is 10.3. The SMILES string of the molecule is CCCCN(C)S(=O)(=O)c1ccc(C(=O)N(CCN(C)C)c2nc3c(C)c(C)ccc3s2)cc1. The number of rotatable bonds is 10. The number of fused-ring (bicyclic) bond motifs is 1. The Bertz CT molecular complexity index is 1250. The van der Waals surface area contributed by atoms with Gasteiger partial charge in [0.2, 0.25) is 10.0 Å². The minimum atomic E-state index is -3.58. The summed E-state index contributed by atoms with van der Waals surface area (Å²) < 4.78 is 28.1. The fraction of sp³-hybridized carbons (Fsp3) is 0.440. The number of aryl methyl sites for hydroxylation is 2. The van der Waals surface area contributed by atoms with Gasteiger partial charge in [0.25, 0.3) is 5.91 Å². The number of sulfonamides is 1. The summed E-state index contributed by atoms with van der Waals surface area (Å²) in [7, 11) is 1.93. The standard InChI is InChI=1S/C25H34N4O3S2/c1-7-8-15-28(6)34(31,32)21-12-10-20(11-13-21)24(30)29(17-16-27(4)5)25-26-23-19(3)18(2)9-14-22(23)33-25/h9-14H,7-8,15-17H2,1-6H3. The third-order valence-electron chi connectivity index (χ3n) is 5.96. The van der Waals surface area contributed by atoms with Gasteiger partial charge in [-0.3, -0.25) is 9.69 Å². The van der Waals surface area contributed by atoms with Crippen LogP contribution in [0.25, 0.3) is 10.2 Å². The van der Waals surface area contributed by atoms with E-state index in [1.165, 1.54) is 27.8 Å². The predicted molar refractivity (Wildman–Crippen MR) is 140 cm³/mol. The zero-order valence-electron chi connectivity index (χ0n) is 20.8. The van der Waals surface area contributed by atoms with E-state index in [0.29, 0.717) is 30.3 Å². The summed E-state index contributed by atoms with van der Waals surface area (Å²) in [5.74, 6) is -0.196. The summed E-state index contributed by atoms with van der Waals surface area (Å²) in [5, 5.41) is 0.645. The number of benzene rings is 2. The first-order valence-corrected chi connectivity index (χ1v) is 13.7. The van der Waals surface area contributed by atoms with Crippen molar-refractivity contribution in [1.29, 1.82) is 0 Å². The van der Waals surface area contributed by atoms with Crippen LogP contribution in [0.4, 0.5) is 5.13 Å². The maximum Gasteiger partial charge on any atom is 0.260 e. The molecule has 0 aliphatic carbocycles. The van der Waals surface area contributed by atoms with Crippen molar-refractivity contribution in [2.24, 2.45) is 0 Å². The van der Waals surface area contributed by atoms with Crippen LogP contribution < -0.4 is 4.90 Å². The molecule has 0 saturated heterocycles. The summed E-state index contributed by atoms with van der Waals surface area (Å²) in [5.41, 5.74) is 3.62. The average molecular weight is 503 g/mol. The van der Waals surface area contributed by atoms with Gasteiger partial charge in [-0.25, -0.2) is 17.7 Å². The highest BCUT2D eigenvalue weighted by Crippen LogP contribution is 2.32. The summed E-state index contributed by atoms with van der Waals surface area (Å²) in [4.78, 5) is 22.2. The summed E-state index contributed by atoms with van der Waals surface area (Å²) in [6.07, 6.45) is 1.72. The van der Waals surface area contributed by atoms with Crippen molar-refractivity contribution >= 4 is 42.6 Å². The van der Waals surface area contributed by atoms with Gasteiger partial charge in [0.15, 0.2) is 5.13 Å². The minimum absolute atomic E-state index is 0.189. The van der Waals surface area contributed by atoms with Crippen molar-refractivity contribution in [3.05, 3.63) is 53.1 Å². The predicted octanol–water partition coefficient (Wildman–Crippen LogP) is 4.54. The Morgan fingerprint density at radius 2 is 1.65 bits per heavy atom. The zero-order chi connectivity index (χ0) is 25.0. The van der Waals surface area contributed by atoms with E-state index in [1.807, 2.05) is 38.9 Å². The Balaban J connectivity index is 1.92. The van der Waals surface area contributed by atoms with E-state index < -0.39 is 10.0 Å². The molecular weight excluding hydrogens is 468 g/mol. The number of nitrogens with zero attached hydrogens (tertiary/aromatic N) is 4. The van der Waals surface area contributed by atoms with Crippen LogP contribution in [0.1, 0.15) is 41.3 Å². The number of anilines is 1. The van der Waals surface area contributed by atoms with Gasteiger partial charge in [-0.2, -0.15) is 0 Å². The topological polar surface area (TPSA) is 73.8 Å². The molecule has 9 heteroatoms. The maximum atomic E-state index is 13.5. The Kier molecular flexibility index (Phi) is 8.46. The molecule has 3 rings (SSSR count). The van der Waals surface area contributed by atoms with E-state index >= 15 is 0 Å². The highest BCUT2D eigenvalue weighted by molar-refractivity contribution is 7.89. The molecule has 7 nitrogen and oxygen atoms in total. The van der Waals surface area contributed by atoms with Gasteiger partial charge in [0.1, 0.15) is 0 Å². The average Bonchev–Trinajstić information content (AvgIpc) is 3.24. The van der Waals surface area contributed by atoms with E-state index in [4.69, 9.17) is 4.98 Å². The number of thiazole rings is 1. The Labute approximate surface area is 207 Å². The molecule has 3 aromatic rings. The first-order chi connectivity index (χ1) is 16.1. The van der Waals surface area contributed by atoms with Crippen molar-refractivity contribution in [3.8, 4) is 0 Å². The molecule has 1 amide bonds. The summed E-state index contributed by atoms with van der Waals surface area (Å²) in [6.45, 7) is 7.74. The highest BCUT2D eigenvalue weighted by Gasteiger charge is 2.24. The monoisotopic (exact) mass is 502 g/mol. The highest BCUT2D eigenvalue weighted by atomic mass is 32.2. The normalized spacial score (nSPS) is 12.1. The molecule has 0 saturated carbocycles. The molecular formula is C25H34N4O3S2. The molecule has 0 aliphatic heterocycles. The number of carbonyl (C=O) groups is 1. The quantitative estimate of drug-likeness (QED) is 0.407. The van der Waals surface area contributed by atoms with Crippen LogP contribution in [0, 0.1) is 13.8 Å². The lowest BCUT2D eigenvalue weighted by atomic mass is 10.1. The Hall–Kier alpha value is -2.33. The smallest absolute Gasteiger partial charge is 0.260 e. The minimum Gasteiger partial charge on any atom is -0.308 e. The Morgan fingerprint density at radius 3 is 2.26 bits per heavy atom. The number of carbonyl (C=O) groups excluding carboxylic acids is 1. The fourth-order valence-corrected chi connectivity index (χ4v) is 5.78. The molecule has 184 valence electrons. The van der Waals surface area contributed by atoms with E-state index in [2.05, 4.69) is 13.0 Å². The van der Waals surface area contributed by atoms with Crippen molar-refractivity contribution in [2.75, 3.05) is 45.7 Å². The second-order valence-corrected chi connectivity index (χ2v) is 11.9. The fourth-order valence-electron chi connectivity index (χ4n) is 3.52. The molecule has 0 radical (unpaired) electrons. The number of hydrogen-bond acceptors (Lipinski definition) is 6. The number of amides is 1. The maximum absolute atomic E-state index is 13.5. The van der Waals surface area contributed by atoms with E-state index in [1.54, 1.807) is 24.1 Å². The van der Waals surface area contributed by atoms with Gasteiger partial charge >= 0.3 is 0 Å². The largest absolute Gasteiger partial charge is 0.308 e. The molecule has 2 aromatic carbocycles. The van der Waals surface area contributed by atoms with Gasteiger partial charge < -0.3 is 4.90 Å². The van der Waals surface area contributed by atoms with Crippen LogP contribution >= 0.6 is 11.3 Å². The molecule has 34 heavy (non-hydrogen) atoms. The molecule has 0 N–H and O–H groups in total.